The van der Waals surface area contributed by atoms with Gasteiger partial charge in [-0.25, -0.2) is 9.79 Å². The Hall–Kier alpha value is -2.94. The number of esters is 1. The second-order valence-corrected chi connectivity index (χ2v) is 8.82. The van der Waals surface area contributed by atoms with Crippen LogP contribution in [0.4, 0.5) is 0 Å². The number of carbonyl (C=O) groups excluding carboxylic acids is 2. The third-order valence-electron chi connectivity index (χ3n) is 6.02. The maximum atomic E-state index is 13.1. The summed E-state index contributed by atoms with van der Waals surface area (Å²) in [7, 11) is 3.19. The van der Waals surface area contributed by atoms with E-state index in [1.807, 2.05) is 40.3 Å². The molecule has 0 aliphatic carbocycles. The van der Waals surface area contributed by atoms with Gasteiger partial charge in [-0.15, -0.1) is 0 Å². The fourth-order valence-electron chi connectivity index (χ4n) is 4.42. The summed E-state index contributed by atoms with van der Waals surface area (Å²) in [5.74, 6) is 0.899. The van der Waals surface area contributed by atoms with Crippen LogP contribution in [0.25, 0.3) is 0 Å². The van der Waals surface area contributed by atoms with Gasteiger partial charge in [0, 0.05) is 24.4 Å². The van der Waals surface area contributed by atoms with E-state index in [1.165, 1.54) is 11.8 Å². The SMILES string of the molecule is CCOC(=O)C1=C(C)N=C2SC=C(CC(=O)N3CCCC3)N2[C@H]1c1cc(OC)ccc1OC. The summed E-state index contributed by atoms with van der Waals surface area (Å²) >= 11 is 1.46. The molecule has 1 aromatic rings. The van der Waals surface area contributed by atoms with Crippen molar-refractivity contribution in [2.24, 2.45) is 4.99 Å². The number of hydrogen-bond acceptors (Lipinski definition) is 8. The van der Waals surface area contributed by atoms with Crippen molar-refractivity contribution < 1.29 is 23.8 Å². The molecule has 0 N–H and O–H groups in total. The van der Waals surface area contributed by atoms with Gasteiger partial charge in [0.05, 0.1) is 44.6 Å². The largest absolute Gasteiger partial charge is 0.497 e. The second kappa shape index (κ2) is 9.91. The number of hydrogen-bond donors (Lipinski definition) is 0. The van der Waals surface area contributed by atoms with Crippen LogP contribution < -0.4 is 9.47 Å². The first-order valence-electron chi connectivity index (χ1n) is 11.1. The van der Waals surface area contributed by atoms with Crippen molar-refractivity contribution in [3.8, 4) is 11.5 Å². The zero-order valence-corrected chi connectivity index (χ0v) is 20.2. The second-order valence-electron chi connectivity index (χ2n) is 7.99. The van der Waals surface area contributed by atoms with Gasteiger partial charge in [0.1, 0.15) is 11.5 Å². The van der Waals surface area contributed by atoms with Gasteiger partial charge in [-0.1, -0.05) is 11.8 Å². The molecule has 33 heavy (non-hydrogen) atoms. The molecule has 3 aliphatic heterocycles. The number of thioether (sulfide) groups is 1. The van der Waals surface area contributed by atoms with Gasteiger partial charge < -0.3 is 24.0 Å². The smallest absolute Gasteiger partial charge is 0.338 e. The van der Waals surface area contributed by atoms with E-state index in [0.29, 0.717) is 22.8 Å². The van der Waals surface area contributed by atoms with Gasteiger partial charge in [-0.05, 0) is 50.3 Å². The van der Waals surface area contributed by atoms with Crippen molar-refractivity contribution in [3.63, 3.8) is 0 Å². The van der Waals surface area contributed by atoms with Gasteiger partial charge in [-0.2, -0.15) is 0 Å². The van der Waals surface area contributed by atoms with Gasteiger partial charge in [0.2, 0.25) is 5.91 Å². The molecule has 0 bridgehead atoms. The van der Waals surface area contributed by atoms with E-state index in [0.717, 1.165) is 42.4 Å². The number of aliphatic imine (C=N–C) groups is 1. The Labute approximate surface area is 198 Å². The van der Waals surface area contributed by atoms with Crippen LogP contribution in [-0.2, 0) is 14.3 Å². The minimum atomic E-state index is -0.561. The van der Waals surface area contributed by atoms with Crippen molar-refractivity contribution in [3.05, 3.63) is 46.1 Å². The minimum Gasteiger partial charge on any atom is -0.497 e. The van der Waals surface area contributed by atoms with E-state index in [4.69, 9.17) is 19.2 Å². The average molecular weight is 472 g/mol. The van der Waals surface area contributed by atoms with E-state index in [9.17, 15) is 9.59 Å². The minimum absolute atomic E-state index is 0.0842. The van der Waals surface area contributed by atoms with E-state index in [-0.39, 0.29) is 18.9 Å². The Kier molecular flexibility index (Phi) is 6.97. The number of amidine groups is 1. The first-order chi connectivity index (χ1) is 16.0. The lowest BCUT2D eigenvalue weighted by molar-refractivity contribution is -0.139. The molecule has 8 nitrogen and oxygen atoms in total. The van der Waals surface area contributed by atoms with Crippen LogP contribution in [-0.4, -0.2) is 60.8 Å². The number of benzene rings is 1. The van der Waals surface area contributed by atoms with Crippen LogP contribution in [0.3, 0.4) is 0 Å². The van der Waals surface area contributed by atoms with Crippen LogP contribution >= 0.6 is 11.8 Å². The zero-order valence-electron chi connectivity index (χ0n) is 19.4. The fraction of sp³-hybridized carbons (Fsp3) is 0.458. The molecular weight excluding hydrogens is 442 g/mol. The van der Waals surface area contributed by atoms with Crippen molar-refractivity contribution in [2.75, 3.05) is 33.9 Å². The molecule has 1 atom stereocenters. The molecule has 0 radical (unpaired) electrons. The summed E-state index contributed by atoms with van der Waals surface area (Å²) in [5, 5.41) is 2.67. The number of likely N-dealkylation sites (tertiary alicyclic amines) is 1. The highest BCUT2D eigenvalue weighted by Crippen LogP contribution is 2.47. The third kappa shape index (κ3) is 4.46. The number of rotatable bonds is 7. The summed E-state index contributed by atoms with van der Waals surface area (Å²) in [6, 6.07) is 4.93. The number of amides is 1. The molecule has 3 aliphatic rings. The molecule has 4 rings (SSSR count). The highest BCUT2D eigenvalue weighted by Gasteiger charge is 2.42. The molecule has 1 saturated heterocycles. The molecule has 0 aromatic heterocycles. The zero-order chi connectivity index (χ0) is 23.5. The van der Waals surface area contributed by atoms with E-state index >= 15 is 0 Å². The van der Waals surface area contributed by atoms with Crippen LogP contribution in [0.5, 0.6) is 11.5 Å². The Balaban J connectivity index is 1.79. The predicted octanol–water partition coefficient (Wildman–Crippen LogP) is 3.85. The first kappa shape index (κ1) is 23.2. The van der Waals surface area contributed by atoms with Gasteiger partial charge in [-0.3, -0.25) is 4.79 Å². The average Bonchev–Trinajstić information content (AvgIpc) is 3.48. The van der Waals surface area contributed by atoms with Gasteiger partial charge >= 0.3 is 5.97 Å². The van der Waals surface area contributed by atoms with E-state index in [1.54, 1.807) is 21.1 Å². The number of ether oxygens (including phenoxy) is 3. The molecule has 1 fully saturated rings. The standard InChI is InChI=1S/C24H29N3O5S/c1-5-32-23(29)21-15(2)25-24-27(16(14-33-24)12-20(28)26-10-6-7-11-26)22(21)18-13-17(30-3)8-9-19(18)31-4/h8-9,13-14,22H,5-7,10-12H2,1-4H3/t22-/m0/s1. The number of carbonyl (C=O) groups is 2. The van der Waals surface area contributed by atoms with Crippen LogP contribution in [0.2, 0.25) is 0 Å². The number of fused-ring (bicyclic) bond motifs is 1. The molecule has 176 valence electrons. The van der Waals surface area contributed by atoms with Crippen molar-refractivity contribution in [2.45, 2.75) is 39.2 Å². The maximum Gasteiger partial charge on any atom is 0.338 e. The quantitative estimate of drug-likeness (QED) is 0.559. The molecule has 0 saturated carbocycles. The summed E-state index contributed by atoms with van der Waals surface area (Å²) in [6.45, 7) is 5.42. The number of methoxy groups -OCH3 is 2. The van der Waals surface area contributed by atoms with Gasteiger partial charge in [0.15, 0.2) is 5.17 Å². The lowest BCUT2D eigenvalue weighted by Crippen LogP contribution is -2.38. The Morgan fingerprint density at radius 3 is 2.61 bits per heavy atom. The Bertz CT molecular complexity index is 1040. The lowest BCUT2D eigenvalue weighted by Gasteiger charge is -2.37. The fourth-order valence-corrected chi connectivity index (χ4v) is 5.38. The number of allylic oxidation sites excluding steroid dienone is 1. The van der Waals surface area contributed by atoms with Crippen LogP contribution in [0.15, 0.2) is 45.6 Å². The molecule has 0 spiro atoms. The van der Waals surface area contributed by atoms with Crippen molar-refractivity contribution >= 4 is 28.8 Å². The summed E-state index contributed by atoms with van der Waals surface area (Å²) in [6.07, 6.45) is 2.31. The topological polar surface area (TPSA) is 80.7 Å². The first-order valence-corrected chi connectivity index (χ1v) is 12.0. The van der Waals surface area contributed by atoms with Crippen LogP contribution in [0, 0.1) is 0 Å². The Morgan fingerprint density at radius 2 is 1.94 bits per heavy atom. The summed E-state index contributed by atoms with van der Waals surface area (Å²) in [4.78, 5) is 34.7. The van der Waals surface area contributed by atoms with Crippen molar-refractivity contribution in [1.82, 2.24) is 9.80 Å². The number of nitrogens with zero attached hydrogens (tertiary/aromatic N) is 3. The molecule has 1 amide bonds. The van der Waals surface area contributed by atoms with Crippen molar-refractivity contribution in [1.29, 1.82) is 0 Å². The summed E-state index contributed by atoms with van der Waals surface area (Å²) in [5.41, 5.74) is 2.56. The van der Waals surface area contributed by atoms with E-state index in [2.05, 4.69) is 0 Å². The molecule has 9 heteroatoms. The molecule has 1 aromatic carbocycles. The summed E-state index contributed by atoms with van der Waals surface area (Å²) < 4.78 is 16.6. The third-order valence-corrected chi connectivity index (χ3v) is 6.91. The molecule has 3 heterocycles. The normalized spacial score (nSPS) is 19.8. The Morgan fingerprint density at radius 1 is 1.18 bits per heavy atom. The highest BCUT2D eigenvalue weighted by atomic mass is 32.2. The van der Waals surface area contributed by atoms with Crippen LogP contribution in [0.1, 0.15) is 44.7 Å². The van der Waals surface area contributed by atoms with E-state index < -0.39 is 12.0 Å². The maximum absolute atomic E-state index is 13.1. The predicted molar refractivity (Wildman–Crippen MR) is 127 cm³/mol. The highest BCUT2D eigenvalue weighted by molar-refractivity contribution is 8.16. The monoisotopic (exact) mass is 471 g/mol. The van der Waals surface area contributed by atoms with Gasteiger partial charge in [0.25, 0.3) is 0 Å². The molecular formula is C24H29N3O5S. The molecule has 0 unspecified atom stereocenters. The lowest BCUT2D eigenvalue weighted by atomic mass is 9.92.